The third-order valence-corrected chi connectivity index (χ3v) is 4.24. The molecule has 2 aromatic carbocycles. The fraction of sp³-hybridized carbons (Fsp3) is 0.227. The van der Waals surface area contributed by atoms with Crippen LogP contribution in [0.5, 0.6) is 11.8 Å². The second kappa shape index (κ2) is 10.3. The first-order chi connectivity index (χ1) is 14.9. The van der Waals surface area contributed by atoms with Gasteiger partial charge >= 0.3 is 12.6 Å². The first kappa shape index (κ1) is 21.9. The summed E-state index contributed by atoms with van der Waals surface area (Å²) in [5.74, 6) is 0.538. The number of amides is 1. The molecular formula is C22H22F2N4O3. The van der Waals surface area contributed by atoms with Crippen LogP contribution in [-0.2, 0) is 11.2 Å². The second-order valence-electron chi connectivity index (χ2n) is 6.59. The molecule has 0 radical (unpaired) electrons. The van der Waals surface area contributed by atoms with Crippen LogP contribution >= 0.6 is 0 Å². The molecule has 3 aromatic rings. The second-order valence-corrected chi connectivity index (χ2v) is 6.59. The van der Waals surface area contributed by atoms with E-state index < -0.39 is 6.61 Å². The van der Waals surface area contributed by atoms with Gasteiger partial charge in [0.25, 0.3) is 0 Å². The van der Waals surface area contributed by atoms with Gasteiger partial charge < -0.3 is 20.1 Å². The molecule has 0 unspecified atom stereocenters. The van der Waals surface area contributed by atoms with E-state index in [1.54, 1.807) is 24.3 Å². The van der Waals surface area contributed by atoms with E-state index in [4.69, 9.17) is 4.74 Å². The van der Waals surface area contributed by atoms with Gasteiger partial charge in [-0.25, -0.2) is 0 Å². The van der Waals surface area contributed by atoms with Crippen molar-refractivity contribution in [2.24, 2.45) is 0 Å². The predicted octanol–water partition coefficient (Wildman–Crippen LogP) is 4.37. The van der Waals surface area contributed by atoms with Crippen LogP contribution in [0.15, 0.2) is 54.6 Å². The molecule has 0 aliphatic carbocycles. The van der Waals surface area contributed by atoms with Crippen molar-refractivity contribution in [1.29, 1.82) is 0 Å². The van der Waals surface area contributed by atoms with Gasteiger partial charge in [0.15, 0.2) is 0 Å². The lowest BCUT2D eigenvalue weighted by molar-refractivity contribution is -0.114. The van der Waals surface area contributed by atoms with Crippen LogP contribution in [0.25, 0.3) is 11.3 Å². The number of methoxy groups -OCH3 is 1. The molecule has 0 saturated carbocycles. The maximum Gasteiger partial charge on any atom is 0.387 e. The van der Waals surface area contributed by atoms with Crippen molar-refractivity contribution in [1.82, 2.24) is 9.97 Å². The zero-order valence-corrected chi connectivity index (χ0v) is 17.1. The van der Waals surface area contributed by atoms with Crippen molar-refractivity contribution < 1.29 is 23.0 Å². The number of carbonyl (C=O) groups excluding carboxylic acids is 1. The summed E-state index contributed by atoms with van der Waals surface area (Å²) in [5, 5.41) is 5.96. The SMILES string of the molecule is COc1nc(NCCc2ccc(OC(F)F)cc2)cc(-c2cccc(NC(C)=O)c2)n1. The van der Waals surface area contributed by atoms with Crippen molar-refractivity contribution in [3.05, 3.63) is 60.2 Å². The first-order valence-corrected chi connectivity index (χ1v) is 9.51. The highest BCUT2D eigenvalue weighted by Gasteiger charge is 2.09. The molecule has 162 valence electrons. The number of carbonyl (C=O) groups is 1. The molecule has 0 aliphatic heterocycles. The van der Waals surface area contributed by atoms with E-state index in [1.165, 1.54) is 26.2 Å². The number of hydrogen-bond acceptors (Lipinski definition) is 6. The predicted molar refractivity (Wildman–Crippen MR) is 114 cm³/mol. The highest BCUT2D eigenvalue weighted by Crippen LogP contribution is 2.25. The summed E-state index contributed by atoms with van der Waals surface area (Å²) in [6, 6.07) is 15.8. The average molecular weight is 428 g/mol. The quantitative estimate of drug-likeness (QED) is 0.527. The van der Waals surface area contributed by atoms with E-state index in [0.717, 1.165) is 11.1 Å². The van der Waals surface area contributed by atoms with E-state index in [-0.39, 0.29) is 17.7 Å². The first-order valence-electron chi connectivity index (χ1n) is 9.51. The minimum absolute atomic E-state index is 0.124. The third-order valence-electron chi connectivity index (χ3n) is 4.24. The van der Waals surface area contributed by atoms with Crippen LogP contribution in [0.2, 0.25) is 0 Å². The number of benzene rings is 2. The molecule has 1 heterocycles. The maximum absolute atomic E-state index is 12.2. The number of alkyl halides is 2. The average Bonchev–Trinajstić information content (AvgIpc) is 2.74. The minimum Gasteiger partial charge on any atom is -0.467 e. The van der Waals surface area contributed by atoms with Crippen molar-refractivity contribution in [2.75, 3.05) is 24.3 Å². The van der Waals surface area contributed by atoms with Gasteiger partial charge in [0.05, 0.1) is 12.8 Å². The van der Waals surface area contributed by atoms with Crippen molar-refractivity contribution in [2.45, 2.75) is 20.0 Å². The van der Waals surface area contributed by atoms with Crippen LogP contribution in [0.4, 0.5) is 20.3 Å². The molecule has 0 atom stereocenters. The molecule has 1 amide bonds. The third kappa shape index (κ3) is 6.63. The standard InChI is InChI=1S/C22H22F2N4O3/c1-14(29)26-17-5-3-4-16(12-17)19-13-20(28-22(27-19)30-2)25-11-10-15-6-8-18(9-7-15)31-21(23)24/h3-9,12-13,21H,10-11H2,1-2H3,(H,26,29)(H,25,27,28). The molecule has 9 heteroatoms. The molecule has 7 nitrogen and oxygen atoms in total. The van der Waals surface area contributed by atoms with Crippen molar-refractivity contribution in [3.63, 3.8) is 0 Å². The van der Waals surface area contributed by atoms with E-state index in [0.29, 0.717) is 30.2 Å². The fourth-order valence-corrected chi connectivity index (χ4v) is 2.89. The van der Waals surface area contributed by atoms with Gasteiger partial charge in [-0.05, 0) is 36.2 Å². The number of rotatable bonds is 9. The summed E-state index contributed by atoms with van der Waals surface area (Å²) >= 11 is 0. The lowest BCUT2D eigenvalue weighted by atomic mass is 10.1. The van der Waals surface area contributed by atoms with Gasteiger partial charge in [-0.1, -0.05) is 24.3 Å². The zero-order chi connectivity index (χ0) is 22.2. The number of hydrogen-bond donors (Lipinski definition) is 2. The molecule has 1 aromatic heterocycles. The number of anilines is 2. The molecule has 0 saturated heterocycles. The van der Waals surface area contributed by atoms with Gasteiger partial charge in [0, 0.05) is 30.8 Å². The maximum atomic E-state index is 12.2. The molecule has 2 N–H and O–H groups in total. The van der Waals surface area contributed by atoms with Crippen molar-refractivity contribution >= 4 is 17.4 Å². The lowest BCUT2D eigenvalue weighted by Crippen LogP contribution is -2.08. The summed E-state index contributed by atoms with van der Waals surface area (Å²) in [6.07, 6.45) is 0.647. The minimum atomic E-state index is -2.84. The highest BCUT2D eigenvalue weighted by molar-refractivity contribution is 5.89. The lowest BCUT2D eigenvalue weighted by Gasteiger charge is -2.11. The molecule has 0 fully saturated rings. The fourth-order valence-electron chi connectivity index (χ4n) is 2.89. The van der Waals surface area contributed by atoms with Gasteiger partial charge in [-0.3, -0.25) is 4.79 Å². The van der Waals surface area contributed by atoms with Gasteiger partial charge in [-0.15, -0.1) is 0 Å². The summed E-state index contributed by atoms with van der Waals surface area (Å²) in [5.41, 5.74) is 3.05. The van der Waals surface area contributed by atoms with E-state index >= 15 is 0 Å². The molecule has 0 spiro atoms. The Bertz CT molecular complexity index is 1030. The van der Waals surface area contributed by atoms with Gasteiger partial charge in [0.1, 0.15) is 11.6 Å². The summed E-state index contributed by atoms with van der Waals surface area (Å²) < 4.78 is 34.0. The van der Waals surface area contributed by atoms with Gasteiger partial charge in [0.2, 0.25) is 5.91 Å². The number of aromatic nitrogens is 2. The molecule has 0 bridgehead atoms. The Morgan fingerprint density at radius 2 is 1.87 bits per heavy atom. The Kier molecular flexibility index (Phi) is 7.31. The Balaban J connectivity index is 1.69. The number of nitrogens with one attached hydrogen (secondary N) is 2. The van der Waals surface area contributed by atoms with Crippen molar-refractivity contribution in [3.8, 4) is 23.0 Å². The number of ether oxygens (including phenoxy) is 2. The van der Waals surface area contributed by atoms with E-state index in [2.05, 4.69) is 25.3 Å². The Hall–Kier alpha value is -3.75. The number of nitrogens with zero attached hydrogens (tertiary/aromatic N) is 2. The monoisotopic (exact) mass is 428 g/mol. The van der Waals surface area contributed by atoms with Gasteiger partial charge in [-0.2, -0.15) is 18.7 Å². The van der Waals surface area contributed by atoms with Crippen LogP contribution in [0, 0.1) is 0 Å². The largest absolute Gasteiger partial charge is 0.467 e. The number of halogens is 2. The molecule has 3 rings (SSSR count). The smallest absolute Gasteiger partial charge is 0.387 e. The van der Waals surface area contributed by atoms with E-state index in [1.807, 2.05) is 18.2 Å². The zero-order valence-electron chi connectivity index (χ0n) is 17.1. The molecular weight excluding hydrogens is 406 g/mol. The molecule has 0 aliphatic rings. The van der Waals surface area contributed by atoms with Crippen LogP contribution < -0.4 is 20.1 Å². The summed E-state index contributed by atoms with van der Waals surface area (Å²) in [6.45, 7) is -0.837. The summed E-state index contributed by atoms with van der Waals surface area (Å²) in [7, 11) is 1.49. The van der Waals surface area contributed by atoms with E-state index in [9.17, 15) is 13.6 Å². The summed E-state index contributed by atoms with van der Waals surface area (Å²) in [4.78, 5) is 20.0. The Labute approximate surface area is 178 Å². The highest BCUT2D eigenvalue weighted by atomic mass is 19.3. The molecule has 31 heavy (non-hydrogen) atoms. The van der Waals surface area contributed by atoms with Crippen LogP contribution in [0.3, 0.4) is 0 Å². The topological polar surface area (TPSA) is 85.4 Å². The van der Waals surface area contributed by atoms with Crippen LogP contribution in [-0.4, -0.2) is 36.1 Å². The Morgan fingerprint density at radius 1 is 1.10 bits per heavy atom. The van der Waals surface area contributed by atoms with Crippen LogP contribution in [0.1, 0.15) is 12.5 Å². The normalized spacial score (nSPS) is 10.6. The Morgan fingerprint density at radius 3 is 2.55 bits per heavy atom.